The van der Waals surface area contributed by atoms with Gasteiger partial charge in [0, 0.05) is 25.9 Å². The summed E-state index contributed by atoms with van der Waals surface area (Å²) in [6.45, 7) is 3.85. The molecule has 14 heteroatoms. The van der Waals surface area contributed by atoms with Gasteiger partial charge >= 0.3 is 38.9 Å². The first-order valence-electron chi connectivity index (χ1n) is 7.36. The Kier molecular flexibility index (Phi) is 6.58. The van der Waals surface area contributed by atoms with E-state index < -0.39 is 7.81 Å². The summed E-state index contributed by atoms with van der Waals surface area (Å²) in [5, 5.41) is 24.1. The predicted molar refractivity (Wildman–Crippen MR) is 80.2 cm³/mol. The minimum atomic E-state index is -10.7. The summed E-state index contributed by atoms with van der Waals surface area (Å²) in [5.74, 6) is 0.590. The van der Waals surface area contributed by atoms with Crippen molar-refractivity contribution in [3.05, 3.63) is 0 Å². The van der Waals surface area contributed by atoms with Crippen molar-refractivity contribution in [2.45, 2.75) is 18.9 Å². The van der Waals surface area contributed by atoms with Crippen LogP contribution in [0.3, 0.4) is 0 Å². The third kappa shape index (κ3) is 10.8. The van der Waals surface area contributed by atoms with Crippen LogP contribution in [0.2, 0.25) is 0 Å². The monoisotopic (exact) mass is 407 g/mol. The fraction of sp³-hybridized carbons (Fsp3) is 0.667. The number of oxime groups is 1. The molecule has 0 radical (unpaired) electrons. The Bertz CT molecular complexity index is 623. The molecule has 0 aromatic carbocycles. The molecule has 1 atom stereocenters. The molecule has 2 heterocycles. The van der Waals surface area contributed by atoms with Crippen LogP contribution in [-0.4, -0.2) is 55.1 Å². The molecule has 0 amide bonds. The summed E-state index contributed by atoms with van der Waals surface area (Å²) in [6.07, 6.45) is 1.98. The van der Waals surface area contributed by atoms with Crippen LogP contribution in [0.1, 0.15) is 12.8 Å². The van der Waals surface area contributed by atoms with Crippen molar-refractivity contribution < 1.29 is 39.3 Å². The largest absolute Gasteiger partial charge is 0.394 e. The summed E-state index contributed by atoms with van der Waals surface area (Å²) in [7, 11) is -10.7. The van der Waals surface area contributed by atoms with E-state index in [-0.39, 0.29) is 11.8 Å². The van der Waals surface area contributed by atoms with Crippen LogP contribution in [0.5, 0.6) is 0 Å². The second-order valence-corrected chi connectivity index (χ2v) is 7.23. The summed E-state index contributed by atoms with van der Waals surface area (Å²) in [5.41, 5.74) is -0.291. The Morgan fingerprint density at radius 3 is 2.08 bits per heavy atom. The van der Waals surface area contributed by atoms with Crippen LogP contribution in [0.4, 0.5) is 25.2 Å². The van der Waals surface area contributed by atoms with Gasteiger partial charge in [0.15, 0.2) is 6.10 Å². The second-order valence-electron chi connectivity index (χ2n) is 5.31. The molecule has 26 heavy (non-hydrogen) atoms. The van der Waals surface area contributed by atoms with Gasteiger partial charge < -0.3 is 10.1 Å². The van der Waals surface area contributed by atoms with Gasteiger partial charge in [0.25, 0.3) is 5.71 Å². The number of hydrogen-bond donors (Lipinski definition) is 1. The van der Waals surface area contributed by atoms with Crippen molar-refractivity contribution in [1.29, 1.82) is 10.5 Å². The summed E-state index contributed by atoms with van der Waals surface area (Å²) >= 11 is 0. The minimum absolute atomic E-state index is 0.214. The molecule has 2 saturated heterocycles. The molecule has 1 unspecified atom stereocenters. The molecule has 0 aliphatic carbocycles. The van der Waals surface area contributed by atoms with E-state index in [1.165, 1.54) is 0 Å². The molecule has 1 N–H and O–H groups in total. The van der Waals surface area contributed by atoms with Gasteiger partial charge in [-0.05, 0) is 0 Å². The van der Waals surface area contributed by atoms with E-state index in [0.29, 0.717) is 19.0 Å². The van der Waals surface area contributed by atoms with E-state index in [0.717, 1.165) is 32.5 Å². The zero-order chi connectivity index (χ0) is 19.9. The molecular formula is C12H16F6N5O2P. The number of halogens is 6. The minimum Gasteiger partial charge on any atom is -0.361 e. The maximum Gasteiger partial charge on any atom is 0.394 e. The van der Waals surface area contributed by atoms with E-state index in [2.05, 4.69) is 15.0 Å². The summed E-state index contributed by atoms with van der Waals surface area (Å²) < 4.78 is 66.9. The van der Waals surface area contributed by atoms with Gasteiger partial charge in [-0.15, -0.1) is 0 Å². The van der Waals surface area contributed by atoms with Gasteiger partial charge in [-0.2, -0.15) is 15.1 Å². The van der Waals surface area contributed by atoms with Gasteiger partial charge in [-0.3, -0.25) is 4.84 Å². The number of nitriles is 2. The first-order valence-corrected chi connectivity index (χ1v) is 9.38. The first-order chi connectivity index (χ1) is 11.8. The van der Waals surface area contributed by atoms with Crippen molar-refractivity contribution in [2.24, 2.45) is 5.16 Å². The summed E-state index contributed by atoms with van der Waals surface area (Å²) in [6, 6.07) is 3.35. The quantitative estimate of drug-likeness (QED) is 0.190. The first kappa shape index (κ1) is 22.1. The number of hydrogen-bond acceptors (Lipinski definition) is 6. The number of morpholine rings is 1. The zero-order valence-corrected chi connectivity index (χ0v) is 14.2. The van der Waals surface area contributed by atoms with Crippen LogP contribution in [0.25, 0.3) is 0 Å². The normalized spacial score (nSPS) is 22.5. The average Bonchev–Trinajstić information content (AvgIpc) is 3.03. The van der Waals surface area contributed by atoms with E-state index in [9.17, 15) is 25.2 Å². The van der Waals surface area contributed by atoms with Crippen molar-refractivity contribution in [1.82, 2.24) is 5.32 Å². The molecule has 2 aliphatic heterocycles. The van der Waals surface area contributed by atoms with Crippen molar-refractivity contribution in [3.63, 3.8) is 0 Å². The smallest absolute Gasteiger partial charge is 0.361 e. The van der Waals surface area contributed by atoms with Gasteiger partial charge in [0.05, 0.1) is 6.61 Å². The van der Waals surface area contributed by atoms with Crippen LogP contribution in [0.15, 0.2) is 5.16 Å². The van der Waals surface area contributed by atoms with Crippen molar-refractivity contribution in [2.75, 3.05) is 32.8 Å². The maximum absolute atomic E-state index is 10.7. The van der Waals surface area contributed by atoms with E-state index in [1.54, 1.807) is 12.1 Å². The summed E-state index contributed by atoms with van der Waals surface area (Å²) in [4.78, 5) is 5.33. The third-order valence-corrected chi connectivity index (χ3v) is 3.06. The SMILES string of the molecule is F[P-](F)(F)(F)(F)F.N#CC(C#N)=NOC(C1CNCCO1)=[N+]1CCCC1. The Labute approximate surface area is 144 Å². The van der Waals surface area contributed by atoms with Gasteiger partial charge in [0.2, 0.25) is 0 Å². The van der Waals surface area contributed by atoms with Gasteiger partial charge in [-0.1, -0.05) is 5.16 Å². The fourth-order valence-corrected chi connectivity index (χ4v) is 2.14. The number of rotatable bonds is 2. The van der Waals surface area contributed by atoms with Crippen molar-refractivity contribution >= 4 is 19.4 Å². The maximum atomic E-state index is 9.87. The molecule has 7 nitrogen and oxygen atoms in total. The molecule has 2 aliphatic rings. The van der Waals surface area contributed by atoms with Crippen LogP contribution < -0.4 is 5.32 Å². The van der Waals surface area contributed by atoms with E-state index >= 15 is 0 Å². The van der Waals surface area contributed by atoms with E-state index in [1.807, 2.05) is 0 Å². The molecule has 0 aromatic rings. The zero-order valence-electron chi connectivity index (χ0n) is 13.3. The molecule has 2 fully saturated rings. The average molecular weight is 407 g/mol. The topological polar surface area (TPSA) is 93.4 Å². The predicted octanol–water partition coefficient (Wildman–Crippen LogP) is 2.98. The Hall–Kier alpha value is -1.95. The molecule has 2 rings (SSSR count). The Morgan fingerprint density at radius 1 is 1.12 bits per heavy atom. The Morgan fingerprint density at radius 2 is 1.65 bits per heavy atom. The number of nitrogens with zero attached hydrogens (tertiary/aromatic N) is 4. The molecular weight excluding hydrogens is 391 g/mol. The standard InChI is InChI=1S/C12H16N5O2.F6P/c13-7-10(8-14)16-19-12(17-4-1-2-5-17)11-9-15-3-6-18-11;1-7(2,3,4,5)6/h11,15H,1-6,9H2;/q+1;-1. The van der Waals surface area contributed by atoms with Gasteiger partial charge in [-0.25, -0.2) is 0 Å². The van der Waals surface area contributed by atoms with Crippen LogP contribution >= 0.6 is 7.81 Å². The number of ether oxygens (including phenoxy) is 1. The van der Waals surface area contributed by atoms with Crippen LogP contribution in [-0.2, 0) is 9.57 Å². The molecule has 0 saturated carbocycles. The molecule has 0 bridgehead atoms. The van der Waals surface area contributed by atoms with Crippen LogP contribution in [0, 0.1) is 22.7 Å². The molecule has 0 aromatic heterocycles. The fourth-order valence-electron chi connectivity index (χ4n) is 2.14. The Balaban J connectivity index is 0.000000412. The molecule has 148 valence electrons. The third-order valence-electron chi connectivity index (χ3n) is 3.06. The van der Waals surface area contributed by atoms with Crippen molar-refractivity contribution in [3.8, 4) is 12.1 Å². The van der Waals surface area contributed by atoms with Gasteiger partial charge in [0.1, 0.15) is 25.2 Å². The van der Waals surface area contributed by atoms with E-state index in [4.69, 9.17) is 20.1 Å². The molecule has 0 spiro atoms. The number of nitrogens with one attached hydrogen (secondary N) is 1. The second kappa shape index (κ2) is 7.74.